The molecule has 0 bridgehead atoms. The summed E-state index contributed by atoms with van der Waals surface area (Å²) in [4.78, 5) is 8.87. The lowest BCUT2D eigenvalue weighted by Gasteiger charge is -2.39. The number of rotatable bonds is 4. The molecule has 6 nitrogen and oxygen atoms in total. The fourth-order valence-corrected chi connectivity index (χ4v) is 2.64. The molecule has 106 valence electrons. The number of nitrogens with one attached hydrogen (secondary N) is 1. The summed E-state index contributed by atoms with van der Waals surface area (Å²) < 4.78 is 0. The molecule has 2 atom stereocenters. The number of aromatic nitrogens is 1. The maximum Gasteiger partial charge on any atom is 0.128 e. The number of piperazine rings is 1. The molecule has 1 aromatic rings. The van der Waals surface area contributed by atoms with Gasteiger partial charge in [-0.05, 0) is 26.6 Å². The topological polar surface area (TPSA) is 83.4 Å². The van der Waals surface area contributed by atoms with E-state index in [-0.39, 0.29) is 6.04 Å². The molecule has 6 heteroatoms. The van der Waals surface area contributed by atoms with Gasteiger partial charge in [-0.1, -0.05) is 6.07 Å². The van der Waals surface area contributed by atoms with E-state index in [0.29, 0.717) is 11.9 Å². The number of nitrogens with zero attached hydrogens (tertiary/aromatic N) is 3. The van der Waals surface area contributed by atoms with Gasteiger partial charge in [0, 0.05) is 37.4 Å². The first-order chi connectivity index (χ1) is 9.11. The van der Waals surface area contributed by atoms with E-state index in [1.54, 1.807) is 6.20 Å². The quantitative estimate of drug-likeness (QED) is 0.516. The highest BCUT2D eigenvalue weighted by atomic mass is 15.3. The van der Waals surface area contributed by atoms with Crippen molar-refractivity contribution in [3.05, 3.63) is 23.9 Å². The number of likely N-dealkylation sites (N-methyl/N-ethyl adjacent to an activating group) is 2. The lowest BCUT2D eigenvalue weighted by atomic mass is 9.98. The predicted molar refractivity (Wildman–Crippen MR) is 77.2 cm³/mol. The maximum absolute atomic E-state index is 5.93. The third kappa shape index (κ3) is 3.42. The Morgan fingerprint density at radius 3 is 2.95 bits per heavy atom. The van der Waals surface area contributed by atoms with Gasteiger partial charge in [0.05, 0.1) is 6.04 Å². The summed E-state index contributed by atoms with van der Waals surface area (Å²) >= 11 is 0. The van der Waals surface area contributed by atoms with Crippen molar-refractivity contribution < 1.29 is 0 Å². The molecule has 1 aromatic heterocycles. The summed E-state index contributed by atoms with van der Waals surface area (Å²) in [6.45, 7) is 3.25. The summed E-state index contributed by atoms with van der Waals surface area (Å²) in [5.41, 5.74) is 9.79. The van der Waals surface area contributed by atoms with E-state index >= 15 is 0 Å². The smallest absolute Gasteiger partial charge is 0.128 e. The van der Waals surface area contributed by atoms with E-state index in [1.807, 2.05) is 12.1 Å². The predicted octanol–water partition coefficient (Wildman–Crippen LogP) is -0.196. The van der Waals surface area contributed by atoms with E-state index in [4.69, 9.17) is 11.6 Å². The minimum Gasteiger partial charge on any atom is -0.383 e. The summed E-state index contributed by atoms with van der Waals surface area (Å²) in [6.07, 6.45) is 2.63. The van der Waals surface area contributed by atoms with Crippen LogP contribution in [0.3, 0.4) is 0 Å². The molecule has 0 aliphatic carbocycles. The van der Waals surface area contributed by atoms with E-state index in [9.17, 15) is 0 Å². The van der Waals surface area contributed by atoms with Crippen molar-refractivity contribution in [3.8, 4) is 0 Å². The molecular formula is C13H24N6. The average Bonchev–Trinajstić information content (AvgIpc) is 2.41. The first-order valence-corrected chi connectivity index (χ1v) is 6.67. The summed E-state index contributed by atoms with van der Waals surface area (Å²) in [7, 11) is 4.32. The van der Waals surface area contributed by atoms with Crippen LogP contribution in [0, 0.1) is 0 Å². The number of hydrogen-bond donors (Lipinski definition) is 3. The molecule has 1 aliphatic heterocycles. The van der Waals surface area contributed by atoms with Gasteiger partial charge >= 0.3 is 0 Å². The van der Waals surface area contributed by atoms with Crippen molar-refractivity contribution in [1.29, 1.82) is 0 Å². The molecule has 2 unspecified atom stereocenters. The standard InChI is InChI=1S/C13H24N6/c1-18-6-7-19(2)10(9-18)8-12(17-15)11-4-3-5-16-13(11)14/h3-5,10,12,17H,6-9,15H2,1-2H3,(H2,14,16). The molecule has 19 heavy (non-hydrogen) atoms. The Labute approximate surface area is 114 Å². The fraction of sp³-hybridized carbons (Fsp3) is 0.615. The number of hydrazine groups is 1. The van der Waals surface area contributed by atoms with Crippen LogP contribution in [0.1, 0.15) is 18.0 Å². The lowest BCUT2D eigenvalue weighted by Crippen LogP contribution is -2.51. The van der Waals surface area contributed by atoms with Gasteiger partial charge in [-0.2, -0.15) is 0 Å². The Hall–Kier alpha value is -1.21. The Morgan fingerprint density at radius 1 is 1.47 bits per heavy atom. The minimum atomic E-state index is 0.0349. The molecule has 2 rings (SSSR count). The minimum absolute atomic E-state index is 0.0349. The Morgan fingerprint density at radius 2 is 2.26 bits per heavy atom. The Balaban J connectivity index is 2.08. The van der Waals surface area contributed by atoms with E-state index in [2.05, 4.69) is 34.3 Å². The zero-order chi connectivity index (χ0) is 13.8. The molecule has 0 amide bonds. The van der Waals surface area contributed by atoms with Crippen molar-refractivity contribution in [2.45, 2.75) is 18.5 Å². The highest BCUT2D eigenvalue weighted by molar-refractivity contribution is 5.40. The second-order valence-electron chi connectivity index (χ2n) is 5.33. The van der Waals surface area contributed by atoms with Crippen LogP contribution in [0.4, 0.5) is 5.82 Å². The molecule has 0 saturated carbocycles. The van der Waals surface area contributed by atoms with Crippen molar-refractivity contribution >= 4 is 5.82 Å². The van der Waals surface area contributed by atoms with Gasteiger partial charge in [0.15, 0.2) is 0 Å². The largest absolute Gasteiger partial charge is 0.383 e. The molecule has 1 saturated heterocycles. The van der Waals surface area contributed by atoms with Crippen molar-refractivity contribution in [2.75, 3.05) is 39.5 Å². The van der Waals surface area contributed by atoms with E-state index < -0.39 is 0 Å². The zero-order valence-electron chi connectivity index (χ0n) is 11.7. The molecule has 0 aromatic carbocycles. The maximum atomic E-state index is 5.93. The fourth-order valence-electron chi connectivity index (χ4n) is 2.64. The second-order valence-corrected chi connectivity index (χ2v) is 5.33. The van der Waals surface area contributed by atoms with Crippen LogP contribution in [-0.4, -0.2) is 54.6 Å². The SMILES string of the molecule is CN1CCN(C)C(CC(NN)c2cccnc2N)C1. The van der Waals surface area contributed by atoms with Crippen LogP contribution in [0.2, 0.25) is 0 Å². The molecule has 1 aliphatic rings. The summed E-state index contributed by atoms with van der Waals surface area (Å²) in [5, 5.41) is 0. The van der Waals surface area contributed by atoms with Crippen LogP contribution in [-0.2, 0) is 0 Å². The Bertz CT molecular complexity index is 410. The third-order valence-corrected chi connectivity index (χ3v) is 3.94. The first-order valence-electron chi connectivity index (χ1n) is 6.67. The van der Waals surface area contributed by atoms with E-state index in [1.165, 1.54) is 0 Å². The highest BCUT2D eigenvalue weighted by Gasteiger charge is 2.26. The second kappa shape index (κ2) is 6.29. The average molecular weight is 264 g/mol. The van der Waals surface area contributed by atoms with Crippen molar-refractivity contribution in [1.82, 2.24) is 20.2 Å². The van der Waals surface area contributed by atoms with Crippen molar-refractivity contribution in [3.63, 3.8) is 0 Å². The normalized spacial score (nSPS) is 23.4. The van der Waals surface area contributed by atoms with Gasteiger partial charge in [0.25, 0.3) is 0 Å². The third-order valence-electron chi connectivity index (χ3n) is 3.94. The van der Waals surface area contributed by atoms with Gasteiger partial charge in [-0.3, -0.25) is 11.3 Å². The van der Waals surface area contributed by atoms with Gasteiger partial charge < -0.3 is 15.5 Å². The highest BCUT2D eigenvalue weighted by Crippen LogP contribution is 2.24. The lowest BCUT2D eigenvalue weighted by molar-refractivity contribution is 0.101. The summed E-state index contributed by atoms with van der Waals surface area (Å²) in [6, 6.07) is 4.39. The molecule has 1 fully saturated rings. The van der Waals surface area contributed by atoms with Crippen molar-refractivity contribution in [2.24, 2.45) is 5.84 Å². The number of nitrogens with two attached hydrogens (primary N) is 2. The number of anilines is 1. The molecule has 0 radical (unpaired) electrons. The van der Waals surface area contributed by atoms with Gasteiger partial charge in [-0.15, -0.1) is 0 Å². The molecule has 5 N–H and O–H groups in total. The molecular weight excluding hydrogens is 240 g/mol. The number of nitrogen functional groups attached to an aromatic ring is 1. The summed E-state index contributed by atoms with van der Waals surface area (Å²) in [5.74, 6) is 6.26. The molecule has 2 heterocycles. The zero-order valence-corrected chi connectivity index (χ0v) is 11.7. The van der Waals surface area contributed by atoms with Crippen LogP contribution >= 0.6 is 0 Å². The van der Waals surface area contributed by atoms with Gasteiger partial charge in [0.2, 0.25) is 0 Å². The van der Waals surface area contributed by atoms with Gasteiger partial charge in [0.1, 0.15) is 5.82 Å². The number of hydrogen-bond acceptors (Lipinski definition) is 6. The first kappa shape index (κ1) is 14.2. The van der Waals surface area contributed by atoms with Gasteiger partial charge in [-0.25, -0.2) is 4.98 Å². The van der Waals surface area contributed by atoms with E-state index in [0.717, 1.165) is 31.6 Å². The monoisotopic (exact) mass is 264 g/mol. The van der Waals surface area contributed by atoms with Crippen LogP contribution in [0.25, 0.3) is 0 Å². The van der Waals surface area contributed by atoms with Crippen LogP contribution in [0.15, 0.2) is 18.3 Å². The number of pyridine rings is 1. The van der Waals surface area contributed by atoms with Crippen LogP contribution in [0.5, 0.6) is 0 Å². The van der Waals surface area contributed by atoms with Crippen LogP contribution < -0.4 is 17.0 Å². The molecule has 0 spiro atoms. The Kier molecular flexibility index (Phi) is 4.71.